The SMILES string of the molecule is CCC(SC1CCCC1)C(=O)O. The van der Waals surface area contributed by atoms with Crippen LogP contribution in [0.1, 0.15) is 39.0 Å². The van der Waals surface area contributed by atoms with Gasteiger partial charge in [0.05, 0.1) is 0 Å². The van der Waals surface area contributed by atoms with Gasteiger partial charge in [-0.2, -0.15) is 0 Å². The van der Waals surface area contributed by atoms with Crippen molar-refractivity contribution in [3.63, 3.8) is 0 Å². The zero-order valence-corrected chi connectivity index (χ0v) is 8.27. The van der Waals surface area contributed by atoms with Gasteiger partial charge in [-0.25, -0.2) is 0 Å². The number of thioether (sulfide) groups is 1. The van der Waals surface area contributed by atoms with Gasteiger partial charge in [0.2, 0.25) is 0 Å². The molecule has 0 bridgehead atoms. The van der Waals surface area contributed by atoms with E-state index in [1.165, 1.54) is 25.7 Å². The monoisotopic (exact) mass is 188 g/mol. The van der Waals surface area contributed by atoms with E-state index in [0.29, 0.717) is 5.25 Å². The molecule has 1 saturated carbocycles. The molecule has 0 amide bonds. The predicted octanol–water partition coefficient (Wildman–Crippen LogP) is 2.53. The number of hydrogen-bond acceptors (Lipinski definition) is 2. The molecule has 0 radical (unpaired) electrons. The van der Waals surface area contributed by atoms with Crippen molar-refractivity contribution in [3.05, 3.63) is 0 Å². The minimum Gasteiger partial charge on any atom is -0.480 e. The summed E-state index contributed by atoms with van der Waals surface area (Å²) in [6.07, 6.45) is 5.75. The van der Waals surface area contributed by atoms with Crippen molar-refractivity contribution in [1.29, 1.82) is 0 Å². The summed E-state index contributed by atoms with van der Waals surface area (Å²) in [6, 6.07) is 0. The number of aliphatic carboxylic acids is 1. The molecule has 1 rings (SSSR count). The van der Waals surface area contributed by atoms with E-state index in [1.807, 2.05) is 6.92 Å². The molecule has 70 valence electrons. The van der Waals surface area contributed by atoms with E-state index in [2.05, 4.69) is 0 Å². The third kappa shape index (κ3) is 2.70. The molecule has 0 aromatic heterocycles. The molecule has 2 nitrogen and oxygen atoms in total. The van der Waals surface area contributed by atoms with Crippen LogP contribution in [-0.2, 0) is 4.79 Å². The minimum atomic E-state index is -0.644. The van der Waals surface area contributed by atoms with E-state index < -0.39 is 5.97 Å². The quantitative estimate of drug-likeness (QED) is 0.736. The van der Waals surface area contributed by atoms with Crippen molar-refractivity contribution < 1.29 is 9.90 Å². The van der Waals surface area contributed by atoms with Gasteiger partial charge in [0.1, 0.15) is 5.25 Å². The minimum absolute atomic E-state index is 0.173. The Morgan fingerprint density at radius 3 is 2.58 bits per heavy atom. The molecule has 1 aliphatic rings. The number of rotatable bonds is 4. The molecule has 1 fully saturated rings. The summed E-state index contributed by atoms with van der Waals surface area (Å²) in [5.74, 6) is -0.644. The first kappa shape index (κ1) is 9.90. The Labute approximate surface area is 77.7 Å². The summed E-state index contributed by atoms with van der Waals surface area (Å²) in [6.45, 7) is 1.95. The predicted molar refractivity (Wildman–Crippen MR) is 51.6 cm³/mol. The molecule has 0 saturated heterocycles. The molecular weight excluding hydrogens is 172 g/mol. The van der Waals surface area contributed by atoms with Crippen LogP contribution in [-0.4, -0.2) is 21.6 Å². The van der Waals surface area contributed by atoms with Gasteiger partial charge in [-0.3, -0.25) is 4.79 Å². The van der Waals surface area contributed by atoms with Crippen molar-refractivity contribution in [2.45, 2.75) is 49.5 Å². The van der Waals surface area contributed by atoms with E-state index >= 15 is 0 Å². The highest BCUT2D eigenvalue weighted by Crippen LogP contribution is 2.33. The van der Waals surface area contributed by atoms with Crippen LogP contribution in [0.4, 0.5) is 0 Å². The lowest BCUT2D eigenvalue weighted by Gasteiger charge is -2.14. The molecule has 12 heavy (non-hydrogen) atoms. The van der Waals surface area contributed by atoms with Gasteiger partial charge in [0.15, 0.2) is 0 Å². The van der Waals surface area contributed by atoms with E-state index in [0.717, 1.165) is 6.42 Å². The maximum atomic E-state index is 10.7. The summed E-state index contributed by atoms with van der Waals surface area (Å²) in [7, 11) is 0. The van der Waals surface area contributed by atoms with Crippen LogP contribution in [0.3, 0.4) is 0 Å². The fourth-order valence-electron chi connectivity index (χ4n) is 1.59. The van der Waals surface area contributed by atoms with Crippen LogP contribution in [0.2, 0.25) is 0 Å². The van der Waals surface area contributed by atoms with Crippen LogP contribution in [0.15, 0.2) is 0 Å². The van der Waals surface area contributed by atoms with E-state index in [4.69, 9.17) is 5.11 Å². The third-order valence-electron chi connectivity index (χ3n) is 2.31. The Morgan fingerprint density at radius 2 is 2.17 bits per heavy atom. The third-order valence-corrected chi connectivity index (χ3v) is 4.02. The van der Waals surface area contributed by atoms with Crippen LogP contribution >= 0.6 is 11.8 Å². The normalized spacial score (nSPS) is 21.1. The van der Waals surface area contributed by atoms with Gasteiger partial charge < -0.3 is 5.11 Å². The lowest BCUT2D eigenvalue weighted by Crippen LogP contribution is -2.18. The van der Waals surface area contributed by atoms with Crippen molar-refractivity contribution >= 4 is 17.7 Å². The van der Waals surface area contributed by atoms with Gasteiger partial charge >= 0.3 is 5.97 Å². The Hall–Kier alpha value is -0.180. The summed E-state index contributed by atoms with van der Waals surface area (Å²) in [4.78, 5) is 10.7. The average Bonchev–Trinajstić information content (AvgIpc) is 2.51. The number of carbonyl (C=O) groups is 1. The van der Waals surface area contributed by atoms with Crippen molar-refractivity contribution in [3.8, 4) is 0 Å². The zero-order chi connectivity index (χ0) is 8.97. The summed E-state index contributed by atoms with van der Waals surface area (Å²) >= 11 is 1.66. The van der Waals surface area contributed by atoms with Gasteiger partial charge in [0, 0.05) is 5.25 Å². The summed E-state index contributed by atoms with van der Waals surface area (Å²) in [5.41, 5.74) is 0. The first-order valence-corrected chi connectivity index (χ1v) is 5.56. The molecule has 1 aliphatic carbocycles. The maximum Gasteiger partial charge on any atom is 0.316 e. The van der Waals surface area contributed by atoms with Crippen LogP contribution in [0, 0.1) is 0 Å². The molecule has 1 unspecified atom stereocenters. The fraction of sp³-hybridized carbons (Fsp3) is 0.889. The largest absolute Gasteiger partial charge is 0.480 e. The highest BCUT2D eigenvalue weighted by Gasteiger charge is 2.23. The standard InChI is InChI=1S/C9H16O2S/c1-2-8(9(10)11)12-7-5-3-4-6-7/h7-8H,2-6H2,1H3,(H,10,11). The topological polar surface area (TPSA) is 37.3 Å². The maximum absolute atomic E-state index is 10.7. The summed E-state index contributed by atoms with van der Waals surface area (Å²) in [5, 5.41) is 9.26. The first-order valence-electron chi connectivity index (χ1n) is 4.62. The molecule has 0 heterocycles. The highest BCUT2D eigenvalue weighted by molar-refractivity contribution is 8.01. The molecule has 0 aromatic rings. The van der Waals surface area contributed by atoms with Crippen molar-refractivity contribution in [1.82, 2.24) is 0 Å². The molecule has 3 heteroatoms. The lowest BCUT2D eigenvalue weighted by molar-refractivity contribution is -0.136. The first-order chi connectivity index (χ1) is 5.74. The highest BCUT2D eigenvalue weighted by atomic mass is 32.2. The zero-order valence-electron chi connectivity index (χ0n) is 7.45. The molecule has 1 N–H and O–H groups in total. The molecule has 0 aliphatic heterocycles. The molecule has 0 aromatic carbocycles. The number of carboxylic acid groups (broad SMARTS) is 1. The van der Waals surface area contributed by atoms with Gasteiger partial charge in [-0.1, -0.05) is 19.8 Å². The van der Waals surface area contributed by atoms with Crippen LogP contribution in [0.5, 0.6) is 0 Å². The average molecular weight is 188 g/mol. The Balaban J connectivity index is 2.30. The molecule has 0 spiro atoms. The van der Waals surface area contributed by atoms with E-state index in [9.17, 15) is 4.79 Å². The summed E-state index contributed by atoms with van der Waals surface area (Å²) < 4.78 is 0. The number of hydrogen-bond donors (Lipinski definition) is 1. The Kier molecular flexibility index (Phi) is 3.92. The van der Waals surface area contributed by atoms with Crippen LogP contribution in [0.25, 0.3) is 0 Å². The second-order valence-corrected chi connectivity index (χ2v) is 4.79. The lowest BCUT2D eigenvalue weighted by atomic mass is 10.3. The van der Waals surface area contributed by atoms with Crippen molar-refractivity contribution in [2.75, 3.05) is 0 Å². The second-order valence-electron chi connectivity index (χ2n) is 3.28. The van der Waals surface area contributed by atoms with Crippen molar-refractivity contribution in [2.24, 2.45) is 0 Å². The number of carboxylic acids is 1. The second kappa shape index (κ2) is 4.75. The van der Waals surface area contributed by atoms with E-state index in [1.54, 1.807) is 11.8 Å². The Bertz CT molecular complexity index is 153. The van der Waals surface area contributed by atoms with Gasteiger partial charge in [-0.15, -0.1) is 11.8 Å². The fourth-order valence-corrected chi connectivity index (χ4v) is 2.96. The van der Waals surface area contributed by atoms with Gasteiger partial charge in [-0.05, 0) is 19.3 Å². The van der Waals surface area contributed by atoms with Crippen LogP contribution < -0.4 is 0 Å². The smallest absolute Gasteiger partial charge is 0.316 e. The molecular formula is C9H16O2S. The van der Waals surface area contributed by atoms with Gasteiger partial charge in [0.25, 0.3) is 0 Å². The van der Waals surface area contributed by atoms with E-state index in [-0.39, 0.29) is 5.25 Å². The Morgan fingerprint density at radius 1 is 1.58 bits per heavy atom. The molecule has 1 atom stereocenters.